The lowest BCUT2D eigenvalue weighted by molar-refractivity contribution is -0.135. The Morgan fingerprint density at radius 3 is 2.87 bits per heavy atom. The van der Waals surface area contributed by atoms with Gasteiger partial charge in [-0.05, 0) is 56.7 Å². The van der Waals surface area contributed by atoms with Crippen molar-refractivity contribution in [2.24, 2.45) is 5.92 Å². The molecule has 1 N–H and O–H groups in total. The average Bonchev–Trinajstić information content (AvgIpc) is 3.24. The molecule has 2 bridgehead atoms. The molecule has 2 aromatic carbocycles. The molecule has 204 valence electrons. The minimum atomic E-state index is -0.416. The van der Waals surface area contributed by atoms with Crippen LogP contribution >= 0.6 is 0 Å². The number of esters is 1. The molecule has 2 aliphatic carbocycles. The number of carbonyl (C=O) groups is 2. The van der Waals surface area contributed by atoms with Crippen LogP contribution in [0.15, 0.2) is 49.1 Å². The zero-order valence-corrected chi connectivity index (χ0v) is 22.9. The molecule has 2 fully saturated rings. The Morgan fingerprint density at radius 1 is 1.31 bits per heavy atom. The van der Waals surface area contributed by atoms with Crippen LogP contribution in [0.25, 0.3) is 6.08 Å². The number of phenols is 1. The van der Waals surface area contributed by atoms with E-state index < -0.39 is 5.97 Å². The number of hydrogen-bond acceptors (Lipinski definition) is 6. The first kappa shape index (κ1) is 25.7. The lowest BCUT2D eigenvalue weighted by Crippen LogP contribution is -2.68. The molecule has 0 aromatic heterocycles. The number of aromatic hydroxyl groups is 1. The van der Waals surface area contributed by atoms with E-state index in [9.17, 15) is 14.7 Å². The number of amides is 1. The Morgan fingerprint density at radius 2 is 2.13 bits per heavy atom. The summed E-state index contributed by atoms with van der Waals surface area (Å²) in [5.41, 5.74) is 3.71. The fraction of sp³-hybridized carbons (Fsp3) is 0.438. The molecule has 0 unspecified atom stereocenters. The van der Waals surface area contributed by atoms with Crippen molar-refractivity contribution in [3.63, 3.8) is 0 Å². The van der Waals surface area contributed by atoms with Gasteiger partial charge in [0.25, 0.3) is 0 Å². The Kier molecular flexibility index (Phi) is 6.29. The number of phenolic OH excluding ortho intramolecular Hbond substituents is 1. The SMILES string of the molecule is C=CCN1CC[C@]23c4c5c(OC(C)=O)cc(O)c4O[C@H]2[C@@H](N(C)C(=O)C=Cc2cccc(C)c2)CC[C@H]3[C@H]1C5. The molecule has 6 rings (SSSR count). The summed E-state index contributed by atoms with van der Waals surface area (Å²) in [4.78, 5) is 29.7. The van der Waals surface area contributed by atoms with Gasteiger partial charge in [0.05, 0.1) is 6.04 Å². The van der Waals surface area contributed by atoms with E-state index in [-0.39, 0.29) is 35.3 Å². The zero-order valence-electron chi connectivity index (χ0n) is 22.9. The van der Waals surface area contributed by atoms with E-state index in [1.807, 2.05) is 49.2 Å². The second kappa shape index (κ2) is 9.56. The average molecular weight is 529 g/mol. The van der Waals surface area contributed by atoms with Crippen molar-refractivity contribution in [2.45, 2.75) is 63.1 Å². The van der Waals surface area contributed by atoms with E-state index in [1.54, 1.807) is 6.08 Å². The Balaban J connectivity index is 1.39. The van der Waals surface area contributed by atoms with Crippen LogP contribution in [-0.4, -0.2) is 65.1 Å². The highest BCUT2D eigenvalue weighted by molar-refractivity contribution is 5.92. The molecule has 1 saturated heterocycles. The Hall–Kier alpha value is -3.58. The number of benzene rings is 2. The Bertz CT molecular complexity index is 1380. The van der Waals surface area contributed by atoms with Crippen molar-refractivity contribution in [3.05, 3.63) is 71.3 Å². The van der Waals surface area contributed by atoms with Crippen molar-refractivity contribution >= 4 is 18.0 Å². The minimum Gasteiger partial charge on any atom is -0.504 e. The van der Waals surface area contributed by atoms with Crippen LogP contribution in [0.4, 0.5) is 0 Å². The lowest BCUT2D eigenvalue weighted by atomic mass is 9.51. The van der Waals surface area contributed by atoms with E-state index in [2.05, 4.69) is 17.5 Å². The quantitative estimate of drug-likeness (QED) is 0.259. The second-order valence-corrected chi connectivity index (χ2v) is 11.5. The number of aryl methyl sites for hydroxylation is 1. The van der Waals surface area contributed by atoms with Crippen LogP contribution < -0.4 is 9.47 Å². The summed E-state index contributed by atoms with van der Waals surface area (Å²) < 4.78 is 12.3. The van der Waals surface area contributed by atoms with Gasteiger partial charge in [-0.3, -0.25) is 14.5 Å². The lowest BCUT2D eigenvalue weighted by Gasteiger charge is -2.60. The molecule has 0 radical (unpaired) electrons. The maximum atomic E-state index is 13.4. The second-order valence-electron chi connectivity index (χ2n) is 11.5. The molecular weight excluding hydrogens is 492 g/mol. The largest absolute Gasteiger partial charge is 0.504 e. The summed E-state index contributed by atoms with van der Waals surface area (Å²) in [6.45, 7) is 9.06. The van der Waals surface area contributed by atoms with E-state index in [4.69, 9.17) is 9.47 Å². The van der Waals surface area contributed by atoms with E-state index in [0.717, 1.165) is 61.0 Å². The minimum absolute atomic E-state index is 0.00781. The molecule has 2 aliphatic heterocycles. The fourth-order valence-corrected chi connectivity index (χ4v) is 7.91. The molecule has 7 heteroatoms. The summed E-state index contributed by atoms with van der Waals surface area (Å²) in [6.07, 6.45) is 8.48. The van der Waals surface area contributed by atoms with Crippen molar-refractivity contribution in [1.29, 1.82) is 0 Å². The predicted octanol–water partition coefficient (Wildman–Crippen LogP) is 4.39. The number of carbonyl (C=O) groups excluding carboxylic acids is 2. The third kappa shape index (κ3) is 3.97. The molecule has 2 aromatic rings. The molecule has 1 spiro atoms. The third-order valence-electron chi connectivity index (χ3n) is 9.41. The molecule has 2 heterocycles. The van der Waals surface area contributed by atoms with Gasteiger partial charge in [0.2, 0.25) is 5.91 Å². The molecule has 4 aliphatic rings. The van der Waals surface area contributed by atoms with Crippen LogP contribution in [0.3, 0.4) is 0 Å². The third-order valence-corrected chi connectivity index (χ3v) is 9.41. The van der Waals surface area contributed by atoms with Gasteiger partial charge in [0.1, 0.15) is 11.9 Å². The number of nitrogens with zero attached hydrogens (tertiary/aromatic N) is 2. The number of rotatable bonds is 6. The molecular formula is C32H36N2O5. The molecule has 1 saturated carbocycles. The zero-order chi connectivity index (χ0) is 27.5. The number of piperidine rings is 1. The van der Waals surface area contributed by atoms with Crippen LogP contribution in [0.5, 0.6) is 17.2 Å². The summed E-state index contributed by atoms with van der Waals surface area (Å²) in [6, 6.07) is 9.66. The smallest absolute Gasteiger partial charge is 0.308 e. The van der Waals surface area contributed by atoms with Crippen molar-refractivity contribution in [3.8, 4) is 17.2 Å². The highest BCUT2D eigenvalue weighted by Gasteiger charge is 2.66. The molecule has 5 atom stereocenters. The van der Waals surface area contributed by atoms with Crippen LogP contribution in [0, 0.1) is 12.8 Å². The molecule has 39 heavy (non-hydrogen) atoms. The van der Waals surface area contributed by atoms with E-state index in [1.165, 1.54) is 13.0 Å². The Labute approximate surface area is 229 Å². The summed E-state index contributed by atoms with van der Waals surface area (Å²) in [5, 5.41) is 11.1. The highest BCUT2D eigenvalue weighted by atomic mass is 16.5. The fourth-order valence-electron chi connectivity index (χ4n) is 7.91. The first-order valence-electron chi connectivity index (χ1n) is 13.9. The number of likely N-dealkylation sites (tertiary alicyclic amines) is 1. The topological polar surface area (TPSA) is 79.3 Å². The van der Waals surface area contributed by atoms with Crippen LogP contribution in [0.1, 0.15) is 48.4 Å². The maximum Gasteiger partial charge on any atom is 0.308 e. The van der Waals surface area contributed by atoms with Gasteiger partial charge in [-0.1, -0.05) is 35.9 Å². The van der Waals surface area contributed by atoms with Crippen molar-refractivity contribution in [2.75, 3.05) is 20.1 Å². The van der Waals surface area contributed by atoms with Crippen molar-refractivity contribution < 1.29 is 24.2 Å². The van der Waals surface area contributed by atoms with Crippen molar-refractivity contribution in [1.82, 2.24) is 9.80 Å². The summed E-state index contributed by atoms with van der Waals surface area (Å²) >= 11 is 0. The maximum absolute atomic E-state index is 13.4. The van der Waals surface area contributed by atoms with Gasteiger partial charge in [-0.15, -0.1) is 6.58 Å². The highest BCUT2D eigenvalue weighted by Crippen LogP contribution is 2.65. The summed E-state index contributed by atoms with van der Waals surface area (Å²) in [5.74, 6) is 0.720. The van der Waals surface area contributed by atoms with Crippen LogP contribution in [0.2, 0.25) is 0 Å². The predicted molar refractivity (Wildman–Crippen MR) is 149 cm³/mol. The van der Waals surface area contributed by atoms with Gasteiger partial charge in [-0.25, -0.2) is 0 Å². The van der Waals surface area contributed by atoms with Gasteiger partial charge in [0.15, 0.2) is 11.5 Å². The molecule has 1 amide bonds. The van der Waals surface area contributed by atoms with Gasteiger partial charge >= 0.3 is 5.97 Å². The van der Waals surface area contributed by atoms with Gasteiger partial charge in [0, 0.05) is 55.2 Å². The number of likely N-dealkylation sites (N-methyl/N-ethyl adjacent to an activating group) is 1. The number of ether oxygens (including phenoxy) is 2. The van der Waals surface area contributed by atoms with Crippen LogP contribution in [-0.2, 0) is 21.4 Å². The summed E-state index contributed by atoms with van der Waals surface area (Å²) in [7, 11) is 1.86. The molecule has 7 nitrogen and oxygen atoms in total. The first-order valence-corrected chi connectivity index (χ1v) is 13.9. The monoisotopic (exact) mass is 528 g/mol. The first-order chi connectivity index (χ1) is 18.7. The van der Waals surface area contributed by atoms with Gasteiger partial charge in [-0.2, -0.15) is 0 Å². The normalized spacial score (nSPS) is 28.5. The van der Waals surface area contributed by atoms with E-state index in [0.29, 0.717) is 17.4 Å². The van der Waals surface area contributed by atoms with E-state index >= 15 is 0 Å². The number of hydrogen-bond donors (Lipinski definition) is 1. The standard InChI is InChI=1S/C32H36N2O5/c1-5-14-34-15-13-32-23-10-11-24(33(4)28(37)12-9-21-8-6-7-19(2)16-21)31(32)39-30-26(36)18-27(38-20(3)35)22(29(30)32)17-25(23)34/h5-9,12,16,18,23-25,31,36H,1,10-11,13-15,17H2,2-4H3/t23-,24-,25+,31-,32-/m0/s1. The van der Waals surface area contributed by atoms with Gasteiger partial charge < -0.3 is 19.5 Å².